The van der Waals surface area contributed by atoms with E-state index in [1.54, 1.807) is 30.3 Å². The summed E-state index contributed by atoms with van der Waals surface area (Å²) in [6.07, 6.45) is 1.70. The highest BCUT2D eigenvalue weighted by Gasteiger charge is 2.54. The van der Waals surface area contributed by atoms with Gasteiger partial charge < -0.3 is 29.5 Å². The zero-order valence-corrected chi connectivity index (χ0v) is 24.7. The number of imidazole rings is 1. The molecular formula is C27H35N6O9P. The molecule has 3 aromatic rings. The maximum absolute atomic E-state index is 13.9. The molecule has 0 spiro atoms. The molecule has 232 valence electrons. The van der Waals surface area contributed by atoms with Crippen molar-refractivity contribution < 1.29 is 42.9 Å². The van der Waals surface area contributed by atoms with E-state index in [0.717, 1.165) is 12.8 Å². The molecule has 1 aromatic carbocycles. The highest BCUT2D eigenvalue weighted by Crippen LogP contribution is 2.47. The van der Waals surface area contributed by atoms with Gasteiger partial charge in [-0.25, -0.2) is 19.0 Å². The Hall–Kier alpha value is -3.46. The van der Waals surface area contributed by atoms with E-state index in [1.807, 2.05) is 0 Å². The van der Waals surface area contributed by atoms with E-state index in [1.165, 1.54) is 30.9 Å². The summed E-state index contributed by atoms with van der Waals surface area (Å²) in [5.74, 6) is -0.519. The minimum Gasteiger partial charge on any atom is -0.465 e. The van der Waals surface area contributed by atoms with Gasteiger partial charge in [-0.05, 0) is 38.8 Å². The lowest BCUT2D eigenvalue weighted by Gasteiger charge is -2.26. The van der Waals surface area contributed by atoms with Gasteiger partial charge in [0, 0.05) is 6.42 Å². The fourth-order valence-electron chi connectivity index (χ4n) is 4.92. The van der Waals surface area contributed by atoms with Gasteiger partial charge in [-0.3, -0.25) is 14.1 Å². The SMILES string of the molecule is C[C@H]1NP(=O)(Oc2ccccc2)OC[C@H]2O[C@@H](c3cnc4c(ncnn34)NC(=O)CCCCCCOC1=O)[C@](C)(O)[C@@H]2O. The lowest BCUT2D eigenvalue weighted by atomic mass is 9.91. The van der Waals surface area contributed by atoms with Crippen molar-refractivity contribution in [2.24, 2.45) is 0 Å². The normalized spacial score (nSPS) is 31.5. The fraction of sp³-hybridized carbons (Fsp3) is 0.519. The largest absolute Gasteiger partial charge is 0.465 e. The Bertz CT molecular complexity index is 1490. The lowest BCUT2D eigenvalue weighted by Crippen LogP contribution is -2.43. The summed E-state index contributed by atoms with van der Waals surface area (Å²) in [7, 11) is -4.25. The number of anilines is 1. The monoisotopic (exact) mass is 618 g/mol. The number of fused-ring (bicyclic) bond motifs is 3. The van der Waals surface area contributed by atoms with Gasteiger partial charge in [0.1, 0.15) is 42.0 Å². The van der Waals surface area contributed by atoms with Crippen molar-refractivity contribution in [1.29, 1.82) is 0 Å². The predicted molar refractivity (Wildman–Crippen MR) is 151 cm³/mol. The molecule has 2 aromatic heterocycles. The van der Waals surface area contributed by atoms with Gasteiger partial charge in [-0.2, -0.15) is 10.2 Å². The highest BCUT2D eigenvalue weighted by molar-refractivity contribution is 7.52. The first kappa shape index (κ1) is 31.0. The van der Waals surface area contributed by atoms with Crippen molar-refractivity contribution in [3.05, 3.63) is 48.5 Å². The number of aromatic nitrogens is 4. The number of benzene rings is 1. The second kappa shape index (κ2) is 13.0. The van der Waals surface area contributed by atoms with Crippen molar-refractivity contribution in [3.8, 4) is 5.75 Å². The van der Waals surface area contributed by atoms with Gasteiger partial charge in [0.25, 0.3) is 0 Å². The van der Waals surface area contributed by atoms with Crippen LogP contribution >= 0.6 is 7.75 Å². The average molecular weight is 619 g/mol. The number of rotatable bonds is 2. The van der Waals surface area contributed by atoms with Gasteiger partial charge >= 0.3 is 13.7 Å². The maximum atomic E-state index is 13.9. The molecular weight excluding hydrogens is 583 g/mol. The van der Waals surface area contributed by atoms with Gasteiger partial charge in [-0.1, -0.05) is 31.0 Å². The van der Waals surface area contributed by atoms with Gasteiger partial charge in [0.05, 0.1) is 25.1 Å². The zero-order valence-electron chi connectivity index (χ0n) is 23.8. The quantitative estimate of drug-likeness (QED) is 0.241. The molecule has 6 atom stereocenters. The molecule has 1 saturated heterocycles. The van der Waals surface area contributed by atoms with Crippen LogP contribution in [-0.4, -0.2) is 78.7 Å². The summed E-state index contributed by atoms with van der Waals surface area (Å²) in [4.78, 5) is 33.7. The number of cyclic esters (lactones) is 1. The summed E-state index contributed by atoms with van der Waals surface area (Å²) in [6.45, 7) is 2.50. The Morgan fingerprint density at radius 3 is 2.70 bits per heavy atom. The van der Waals surface area contributed by atoms with Crippen LogP contribution in [0, 0.1) is 0 Å². The molecule has 4 heterocycles. The maximum Gasteiger partial charge on any atom is 0.459 e. The summed E-state index contributed by atoms with van der Waals surface area (Å²) in [5.41, 5.74) is -1.36. The molecule has 1 unspecified atom stereocenters. The van der Waals surface area contributed by atoms with E-state index in [4.69, 9.17) is 18.5 Å². The Morgan fingerprint density at radius 1 is 1.14 bits per heavy atom. The minimum atomic E-state index is -4.25. The molecule has 16 heteroatoms. The van der Waals surface area contributed by atoms with Crippen LogP contribution in [0.3, 0.4) is 0 Å². The minimum absolute atomic E-state index is 0.140. The number of aliphatic hydroxyl groups is 2. The third kappa shape index (κ3) is 7.03. The van der Waals surface area contributed by atoms with E-state index < -0.39 is 50.3 Å². The molecule has 15 nitrogen and oxygen atoms in total. The van der Waals surface area contributed by atoms with Gasteiger partial charge in [0.15, 0.2) is 11.5 Å². The topological polar surface area (TPSA) is 196 Å². The Labute approximate surface area is 247 Å². The van der Waals surface area contributed by atoms with Crippen molar-refractivity contribution in [2.75, 3.05) is 18.5 Å². The van der Waals surface area contributed by atoms with E-state index in [2.05, 4.69) is 25.5 Å². The number of carbonyl (C=O) groups excluding carboxylic acids is 2. The number of esters is 1. The molecule has 5 rings (SSSR count). The second-order valence-electron chi connectivity index (χ2n) is 10.7. The first-order chi connectivity index (χ1) is 20.6. The van der Waals surface area contributed by atoms with Crippen LogP contribution in [0.25, 0.3) is 5.65 Å². The van der Waals surface area contributed by atoms with Crippen LogP contribution in [0.4, 0.5) is 5.82 Å². The highest BCUT2D eigenvalue weighted by atomic mass is 31.2. The van der Waals surface area contributed by atoms with Crippen molar-refractivity contribution >= 4 is 31.1 Å². The molecule has 6 bridgehead atoms. The third-order valence-electron chi connectivity index (χ3n) is 7.27. The number of amides is 1. The molecule has 1 fully saturated rings. The summed E-state index contributed by atoms with van der Waals surface area (Å²) >= 11 is 0. The van der Waals surface area contributed by atoms with Crippen LogP contribution in [0.15, 0.2) is 42.9 Å². The first-order valence-electron chi connectivity index (χ1n) is 14.1. The molecule has 0 radical (unpaired) electrons. The molecule has 4 N–H and O–H groups in total. The molecule has 0 saturated carbocycles. The zero-order chi connectivity index (χ0) is 30.6. The first-order valence-corrected chi connectivity index (χ1v) is 15.6. The number of carbonyl (C=O) groups is 2. The lowest BCUT2D eigenvalue weighted by molar-refractivity contribution is -0.145. The van der Waals surface area contributed by atoms with Crippen molar-refractivity contribution in [2.45, 2.75) is 75.9 Å². The van der Waals surface area contributed by atoms with Crippen LogP contribution in [0.1, 0.15) is 57.7 Å². The van der Waals surface area contributed by atoms with Crippen LogP contribution in [0.2, 0.25) is 0 Å². The van der Waals surface area contributed by atoms with Crippen LogP contribution < -0.4 is 14.9 Å². The third-order valence-corrected chi connectivity index (χ3v) is 8.92. The average Bonchev–Trinajstić information content (AvgIpc) is 3.49. The Balaban J connectivity index is 1.44. The van der Waals surface area contributed by atoms with E-state index in [0.29, 0.717) is 12.8 Å². The molecule has 0 aliphatic carbocycles. The van der Waals surface area contributed by atoms with Gasteiger partial charge in [0.2, 0.25) is 5.91 Å². The number of nitrogens with zero attached hydrogens (tertiary/aromatic N) is 4. The fourth-order valence-corrected chi connectivity index (χ4v) is 6.43. The van der Waals surface area contributed by atoms with Crippen LogP contribution in [0.5, 0.6) is 5.75 Å². The van der Waals surface area contributed by atoms with E-state index in [-0.39, 0.29) is 41.8 Å². The van der Waals surface area contributed by atoms with Gasteiger partial charge in [-0.15, -0.1) is 0 Å². The summed E-state index contributed by atoms with van der Waals surface area (Å²) < 4.78 is 38.0. The molecule has 2 aliphatic heterocycles. The standard InChI is InChI=1S/C27H35N6O9P/c1-17-26(36)39-13-9-4-3-8-12-21(34)31-24-25-28-14-19(33(25)30-16-29-24)23-27(2,37)22(35)20(41-23)15-40-43(38,32-17)42-18-10-6-5-7-11-18/h5-7,10-11,14,16-17,20,22-23,35,37H,3-4,8-9,12-13,15H2,1-2H3,(H,32,38)(H,29,30,31,34)/t17-,20-,22-,23+,27-,43?/m1/s1. The second-order valence-corrected chi connectivity index (χ2v) is 12.4. The number of hydrogen-bond acceptors (Lipinski definition) is 12. The van der Waals surface area contributed by atoms with E-state index in [9.17, 15) is 24.4 Å². The predicted octanol–water partition coefficient (Wildman–Crippen LogP) is 2.30. The van der Waals surface area contributed by atoms with Crippen LogP contribution in [-0.2, 0) is 28.2 Å². The van der Waals surface area contributed by atoms with Crippen molar-refractivity contribution in [3.63, 3.8) is 0 Å². The Kier molecular flexibility index (Phi) is 9.39. The van der Waals surface area contributed by atoms with Crippen molar-refractivity contribution in [1.82, 2.24) is 24.7 Å². The molecule has 2 aliphatic rings. The summed E-state index contributed by atoms with van der Waals surface area (Å²) in [5, 5.41) is 31.9. The molecule has 1 amide bonds. The molecule has 43 heavy (non-hydrogen) atoms. The van der Waals surface area contributed by atoms with E-state index >= 15 is 0 Å². The number of para-hydroxylation sites is 1. The Morgan fingerprint density at radius 2 is 1.91 bits per heavy atom. The number of aliphatic hydroxyl groups excluding tert-OH is 1. The summed E-state index contributed by atoms with van der Waals surface area (Å²) in [6, 6.07) is 7.17. The number of nitrogens with one attached hydrogen (secondary N) is 2. The smallest absolute Gasteiger partial charge is 0.459 e. The number of ether oxygens (including phenoxy) is 2. The number of hydrogen-bond donors (Lipinski definition) is 4.